The topological polar surface area (TPSA) is 79.1 Å². The monoisotopic (exact) mass is 278 g/mol. The molecule has 4 N–H and O–H groups in total. The Morgan fingerprint density at radius 2 is 2.21 bits per heavy atom. The van der Waals surface area contributed by atoms with Crippen molar-refractivity contribution >= 4 is 28.6 Å². The standard InChI is InChI=1S/C14H18N2O2S/c1-14(15,13(17)18)7-4-8-19-12-9-10-5-2-3-6-11(10)16-12/h2-3,5-6,9,16H,4,7-8,15H2,1H3,(H,17,18). The number of carbonyl (C=O) groups is 1. The first-order valence-corrected chi connectivity index (χ1v) is 7.20. The molecule has 1 aromatic carbocycles. The summed E-state index contributed by atoms with van der Waals surface area (Å²) in [7, 11) is 0. The number of hydrogen-bond donors (Lipinski definition) is 3. The van der Waals surface area contributed by atoms with E-state index < -0.39 is 11.5 Å². The maximum atomic E-state index is 10.9. The zero-order valence-electron chi connectivity index (χ0n) is 10.8. The number of benzene rings is 1. The molecular formula is C14H18N2O2S. The second kappa shape index (κ2) is 5.67. The minimum atomic E-state index is -1.12. The Balaban J connectivity index is 1.84. The lowest BCUT2D eigenvalue weighted by Crippen LogP contribution is -2.44. The summed E-state index contributed by atoms with van der Waals surface area (Å²) in [5.74, 6) is -0.0875. The van der Waals surface area contributed by atoms with Crippen LogP contribution in [0.4, 0.5) is 0 Å². The van der Waals surface area contributed by atoms with Crippen molar-refractivity contribution in [3.8, 4) is 0 Å². The smallest absolute Gasteiger partial charge is 0.323 e. The van der Waals surface area contributed by atoms with Crippen LogP contribution in [0, 0.1) is 0 Å². The molecule has 0 aliphatic carbocycles. The zero-order chi connectivity index (χ0) is 13.9. The number of thioether (sulfide) groups is 1. The van der Waals surface area contributed by atoms with E-state index >= 15 is 0 Å². The van der Waals surface area contributed by atoms with E-state index in [0.29, 0.717) is 6.42 Å². The molecule has 0 fully saturated rings. The highest BCUT2D eigenvalue weighted by Gasteiger charge is 2.26. The van der Waals surface area contributed by atoms with Crippen molar-refractivity contribution < 1.29 is 9.90 Å². The predicted molar refractivity (Wildman–Crippen MR) is 78.5 cm³/mol. The second-order valence-electron chi connectivity index (χ2n) is 4.90. The van der Waals surface area contributed by atoms with Gasteiger partial charge in [0.1, 0.15) is 5.54 Å². The van der Waals surface area contributed by atoms with Gasteiger partial charge >= 0.3 is 5.97 Å². The number of aliphatic carboxylic acids is 1. The van der Waals surface area contributed by atoms with Crippen LogP contribution < -0.4 is 5.73 Å². The van der Waals surface area contributed by atoms with E-state index in [1.165, 1.54) is 5.39 Å². The SMILES string of the molecule is CC(N)(CCCSc1cc2ccccc2[nH]1)C(=O)O. The summed E-state index contributed by atoms with van der Waals surface area (Å²) in [4.78, 5) is 14.2. The maximum absolute atomic E-state index is 10.9. The fourth-order valence-electron chi connectivity index (χ4n) is 1.85. The lowest BCUT2D eigenvalue weighted by molar-refractivity contribution is -0.142. The molecule has 1 atom stereocenters. The van der Waals surface area contributed by atoms with Crippen LogP contribution in [-0.2, 0) is 4.79 Å². The number of H-pyrrole nitrogens is 1. The van der Waals surface area contributed by atoms with Crippen LogP contribution in [0.3, 0.4) is 0 Å². The second-order valence-corrected chi connectivity index (χ2v) is 6.03. The highest BCUT2D eigenvalue weighted by atomic mass is 32.2. The molecule has 0 saturated carbocycles. The maximum Gasteiger partial charge on any atom is 0.323 e. The zero-order valence-corrected chi connectivity index (χ0v) is 11.7. The van der Waals surface area contributed by atoms with Crippen molar-refractivity contribution in [3.63, 3.8) is 0 Å². The van der Waals surface area contributed by atoms with E-state index in [-0.39, 0.29) is 0 Å². The van der Waals surface area contributed by atoms with E-state index in [1.54, 1.807) is 18.7 Å². The van der Waals surface area contributed by atoms with Gasteiger partial charge in [0.05, 0.1) is 5.03 Å². The molecule has 5 heteroatoms. The van der Waals surface area contributed by atoms with Crippen molar-refractivity contribution in [1.82, 2.24) is 4.98 Å². The van der Waals surface area contributed by atoms with Crippen molar-refractivity contribution in [3.05, 3.63) is 30.3 Å². The number of hydrogen-bond acceptors (Lipinski definition) is 3. The number of nitrogens with two attached hydrogens (primary N) is 1. The lowest BCUT2D eigenvalue weighted by Gasteiger charge is -2.18. The Morgan fingerprint density at radius 3 is 2.89 bits per heavy atom. The van der Waals surface area contributed by atoms with Gasteiger partial charge in [-0.25, -0.2) is 0 Å². The van der Waals surface area contributed by atoms with Gasteiger partial charge in [0.25, 0.3) is 0 Å². The van der Waals surface area contributed by atoms with Crippen molar-refractivity contribution in [2.75, 3.05) is 5.75 Å². The normalized spacial score (nSPS) is 14.4. The van der Waals surface area contributed by atoms with Gasteiger partial charge in [-0.3, -0.25) is 4.79 Å². The van der Waals surface area contributed by atoms with Crippen molar-refractivity contribution in [1.29, 1.82) is 0 Å². The minimum Gasteiger partial charge on any atom is -0.480 e. The molecule has 4 nitrogen and oxygen atoms in total. The van der Waals surface area contributed by atoms with E-state index in [0.717, 1.165) is 22.7 Å². The molecule has 102 valence electrons. The molecule has 1 heterocycles. The molecule has 1 unspecified atom stereocenters. The molecule has 0 radical (unpaired) electrons. The van der Waals surface area contributed by atoms with Crippen LogP contribution in [-0.4, -0.2) is 27.4 Å². The first-order chi connectivity index (χ1) is 8.99. The number of para-hydroxylation sites is 1. The van der Waals surface area contributed by atoms with Crippen LogP contribution >= 0.6 is 11.8 Å². The largest absolute Gasteiger partial charge is 0.480 e. The number of rotatable bonds is 6. The fraction of sp³-hybridized carbons (Fsp3) is 0.357. The third kappa shape index (κ3) is 3.52. The number of carboxylic acid groups (broad SMARTS) is 1. The fourth-order valence-corrected chi connectivity index (χ4v) is 2.75. The lowest BCUT2D eigenvalue weighted by atomic mass is 9.98. The molecule has 2 rings (SSSR count). The van der Waals surface area contributed by atoms with Crippen LogP contribution in [0.25, 0.3) is 10.9 Å². The Kier molecular flexibility index (Phi) is 4.17. The molecule has 0 saturated heterocycles. The summed E-state index contributed by atoms with van der Waals surface area (Å²) < 4.78 is 0. The molecule has 0 bridgehead atoms. The summed E-state index contributed by atoms with van der Waals surface area (Å²) in [6.07, 6.45) is 1.26. The first kappa shape index (κ1) is 14.0. The van der Waals surface area contributed by atoms with Gasteiger partial charge in [0.2, 0.25) is 0 Å². The highest BCUT2D eigenvalue weighted by molar-refractivity contribution is 7.99. The molecule has 0 spiro atoms. The van der Waals surface area contributed by atoms with E-state index in [2.05, 4.69) is 17.1 Å². The van der Waals surface area contributed by atoms with Gasteiger partial charge in [-0.1, -0.05) is 18.2 Å². The molecule has 19 heavy (non-hydrogen) atoms. The summed E-state index contributed by atoms with van der Waals surface area (Å²) in [5, 5.41) is 11.2. The molecule has 0 amide bonds. The summed E-state index contributed by atoms with van der Waals surface area (Å²) in [6.45, 7) is 1.56. The number of aromatic nitrogens is 1. The van der Waals surface area contributed by atoms with Gasteiger partial charge in [-0.2, -0.15) is 0 Å². The van der Waals surface area contributed by atoms with Gasteiger partial charge in [-0.05, 0) is 37.7 Å². The molecule has 2 aromatic rings. The average Bonchev–Trinajstić information content (AvgIpc) is 2.77. The highest BCUT2D eigenvalue weighted by Crippen LogP contribution is 2.24. The molecule has 0 aliphatic rings. The number of carboxylic acids is 1. The van der Waals surface area contributed by atoms with Gasteiger partial charge in [0.15, 0.2) is 0 Å². The van der Waals surface area contributed by atoms with Gasteiger partial charge in [-0.15, -0.1) is 11.8 Å². The molecule has 0 aliphatic heterocycles. The van der Waals surface area contributed by atoms with Crippen molar-refractivity contribution in [2.24, 2.45) is 5.73 Å². The summed E-state index contributed by atoms with van der Waals surface area (Å²) in [5.41, 5.74) is 5.68. The first-order valence-electron chi connectivity index (χ1n) is 6.22. The van der Waals surface area contributed by atoms with Crippen LogP contribution in [0.5, 0.6) is 0 Å². The third-order valence-corrected chi connectivity index (χ3v) is 4.12. The Labute approximate surface area is 116 Å². The third-order valence-electron chi connectivity index (χ3n) is 3.09. The Hall–Kier alpha value is -1.46. The molecule has 1 aromatic heterocycles. The Morgan fingerprint density at radius 1 is 1.47 bits per heavy atom. The number of aromatic amines is 1. The van der Waals surface area contributed by atoms with E-state index in [9.17, 15) is 4.79 Å². The van der Waals surface area contributed by atoms with E-state index in [1.807, 2.05) is 18.2 Å². The number of fused-ring (bicyclic) bond motifs is 1. The molecular weight excluding hydrogens is 260 g/mol. The summed E-state index contributed by atoms with van der Waals surface area (Å²) >= 11 is 1.69. The Bertz CT molecular complexity index is 545. The van der Waals surface area contributed by atoms with Gasteiger partial charge < -0.3 is 15.8 Å². The summed E-state index contributed by atoms with van der Waals surface area (Å²) in [6, 6.07) is 10.2. The minimum absolute atomic E-state index is 0.482. The van der Waals surface area contributed by atoms with Crippen molar-refractivity contribution in [2.45, 2.75) is 30.3 Å². The van der Waals surface area contributed by atoms with E-state index in [4.69, 9.17) is 10.8 Å². The number of nitrogens with one attached hydrogen (secondary N) is 1. The quantitative estimate of drug-likeness (QED) is 0.561. The van der Waals surface area contributed by atoms with Crippen LogP contribution in [0.2, 0.25) is 0 Å². The van der Waals surface area contributed by atoms with Crippen LogP contribution in [0.1, 0.15) is 19.8 Å². The predicted octanol–water partition coefficient (Wildman–Crippen LogP) is 2.84. The van der Waals surface area contributed by atoms with Crippen LogP contribution in [0.15, 0.2) is 35.4 Å². The van der Waals surface area contributed by atoms with Gasteiger partial charge in [0, 0.05) is 10.9 Å². The average molecular weight is 278 g/mol.